The zero-order valence-corrected chi connectivity index (χ0v) is 19.8. The molecule has 2 aromatic rings. The number of rotatable bonds is 10. The predicted molar refractivity (Wildman–Crippen MR) is 130 cm³/mol. The van der Waals surface area contributed by atoms with Crippen molar-refractivity contribution in [2.75, 3.05) is 26.4 Å². The van der Waals surface area contributed by atoms with Crippen LogP contribution in [0.5, 0.6) is 0 Å². The molecule has 0 unspecified atom stereocenters. The molecule has 8 heteroatoms. The van der Waals surface area contributed by atoms with Gasteiger partial charge in [0.05, 0.1) is 12.0 Å². The van der Waals surface area contributed by atoms with Gasteiger partial charge < -0.3 is 25.2 Å². The van der Waals surface area contributed by atoms with Gasteiger partial charge in [0, 0.05) is 32.1 Å². The molecule has 1 saturated heterocycles. The lowest BCUT2D eigenvalue weighted by Crippen LogP contribution is -2.53. The van der Waals surface area contributed by atoms with Crippen molar-refractivity contribution in [1.29, 1.82) is 0 Å². The summed E-state index contributed by atoms with van der Waals surface area (Å²) in [6.07, 6.45) is 1.88. The van der Waals surface area contributed by atoms with Crippen LogP contribution in [0.3, 0.4) is 0 Å². The Kier molecular flexibility index (Phi) is 8.02. The van der Waals surface area contributed by atoms with Gasteiger partial charge in [-0.25, -0.2) is 4.79 Å². The monoisotopic (exact) mass is 480 g/mol. The van der Waals surface area contributed by atoms with Crippen molar-refractivity contribution in [2.45, 2.75) is 50.0 Å². The summed E-state index contributed by atoms with van der Waals surface area (Å²) in [5.74, 6) is -1.09. The molecular weight excluding hydrogens is 448 g/mol. The fraction of sp³-hybridized carbons (Fsp3) is 0.444. The molecule has 1 aliphatic heterocycles. The minimum atomic E-state index is -0.931. The molecule has 2 amide bonds. The molecule has 3 N–H and O–H groups in total. The average Bonchev–Trinajstić information content (AvgIpc) is 3.16. The average molecular weight is 481 g/mol. The Labute approximate surface area is 205 Å². The highest BCUT2D eigenvalue weighted by atomic mass is 16.5. The van der Waals surface area contributed by atoms with Gasteiger partial charge in [-0.05, 0) is 47.9 Å². The van der Waals surface area contributed by atoms with Crippen molar-refractivity contribution < 1.29 is 29.0 Å². The predicted octanol–water partition coefficient (Wildman–Crippen LogP) is 3.84. The summed E-state index contributed by atoms with van der Waals surface area (Å²) in [5.41, 5.74) is 3.96. The number of ether oxygens (including phenoxy) is 2. The third-order valence-corrected chi connectivity index (χ3v) is 6.79. The maximum absolute atomic E-state index is 12.4. The maximum Gasteiger partial charge on any atom is 0.407 e. The minimum Gasteiger partial charge on any atom is -0.481 e. The molecular formula is C27H32N2O6. The van der Waals surface area contributed by atoms with Gasteiger partial charge in [0.2, 0.25) is 5.91 Å². The van der Waals surface area contributed by atoms with Crippen molar-refractivity contribution >= 4 is 18.0 Å². The summed E-state index contributed by atoms with van der Waals surface area (Å²) in [5, 5.41) is 14.9. The third-order valence-electron chi connectivity index (χ3n) is 6.79. The molecule has 1 aliphatic carbocycles. The number of aliphatic carboxylic acids is 1. The molecule has 0 spiro atoms. The molecule has 186 valence electrons. The number of amides is 2. The summed E-state index contributed by atoms with van der Waals surface area (Å²) in [4.78, 5) is 35.9. The zero-order chi connectivity index (χ0) is 24.7. The van der Waals surface area contributed by atoms with Crippen LogP contribution >= 0.6 is 0 Å². The number of hydrogen-bond acceptors (Lipinski definition) is 5. The minimum absolute atomic E-state index is 0.0140. The van der Waals surface area contributed by atoms with E-state index in [4.69, 9.17) is 9.47 Å². The highest BCUT2D eigenvalue weighted by Crippen LogP contribution is 2.44. The van der Waals surface area contributed by atoms with Crippen LogP contribution in [0, 0.1) is 0 Å². The summed E-state index contributed by atoms with van der Waals surface area (Å²) < 4.78 is 10.8. The molecule has 0 aromatic heterocycles. The maximum atomic E-state index is 12.4. The molecule has 35 heavy (non-hydrogen) atoms. The van der Waals surface area contributed by atoms with Crippen molar-refractivity contribution in [3.63, 3.8) is 0 Å². The first-order valence-electron chi connectivity index (χ1n) is 12.2. The van der Waals surface area contributed by atoms with Crippen LogP contribution in [0.4, 0.5) is 4.79 Å². The van der Waals surface area contributed by atoms with Crippen LogP contribution in [0.2, 0.25) is 0 Å². The first-order chi connectivity index (χ1) is 17.0. The number of carboxylic acids is 1. The molecule has 4 rings (SSSR count). The van der Waals surface area contributed by atoms with Crippen molar-refractivity contribution in [3.8, 4) is 11.1 Å². The Morgan fingerprint density at radius 3 is 2.23 bits per heavy atom. The fourth-order valence-corrected chi connectivity index (χ4v) is 5.01. The quantitative estimate of drug-likeness (QED) is 0.445. The van der Waals surface area contributed by atoms with Crippen molar-refractivity contribution in [2.24, 2.45) is 0 Å². The molecule has 0 atom stereocenters. The largest absolute Gasteiger partial charge is 0.481 e. The number of carbonyl (C=O) groups is 3. The lowest BCUT2D eigenvalue weighted by atomic mass is 9.86. The second-order valence-electron chi connectivity index (χ2n) is 9.22. The van der Waals surface area contributed by atoms with Gasteiger partial charge in [0.15, 0.2) is 0 Å². The van der Waals surface area contributed by atoms with E-state index < -0.39 is 17.6 Å². The smallest absolute Gasteiger partial charge is 0.407 e. The Morgan fingerprint density at radius 1 is 0.971 bits per heavy atom. The van der Waals surface area contributed by atoms with Gasteiger partial charge in [0.1, 0.15) is 6.61 Å². The van der Waals surface area contributed by atoms with E-state index in [0.717, 1.165) is 11.1 Å². The van der Waals surface area contributed by atoms with Crippen LogP contribution < -0.4 is 10.6 Å². The molecule has 2 aliphatic rings. The summed E-state index contributed by atoms with van der Waals surface area (Å²) in [7, 11) is 0. The Morgan fingerprint density at radius 2 is 1.60 bits per heavy atom. The van der Waals surface area contributed by atoms with Gasteiger partial charge in [-0.3, -0.25) is 9.59 Å². The van der Waals surface area contributed by atoms with E-state index in [1.54, 1.807) is 0 Å². The number of fused-ring (bicyclic) bond motifs is 3. The van der Waals surface area contributed by atoms with Crippen LogP contribution in [-0.4, -0.2) is 55.0 Å². The van der Waals surface area contributed by atoms with Gasteiger partial charge in [-0.15, -0.1) is 0 Å². The molecule has 8 nitrogen and oxygen atoms in total. The molecule has 0 bridgehead atoms. The van der Waals surface area contributed by atoms with Gasteiger partial charge >= 0.3 is 12.1 Å². The van der Waals surface area contributed by atoms with Crippen LogP contribution in [0.15, 0.2) is 48.5 Å². The standard InChI is InChI=1S/C27H32N2O6/c30-24(29-27(17-25(31)32)12-15-34-16-13-27)11-5-6-14-28-26(33)35-18-23-21-9-3-1-7-19(21)20-8-2-4-10-22(20)23/h1-4,7-10,23H,5-6,11-18H2,(H,28,33)(H,29,30)(H,31,32). The molecule has 1 fully saturated rings. The number of benzene rings is 2. The van der Waals surface area contributed by atoms with Crippen molar-refractivity contribution in [1.82, 2.24) is 10.6 Å². The van der Waals surface area contributed by atoms with E-state index in [0.29, 0.717) is 45.4 Å². The lowest BCUT2D eigenvalue weighted by molar-refractivity contribution is -0.140. The number of alkyl carbamates (subject to hydrolysis) is 1. The van der Waals surface area contributed by atoms with Crippen LogP contribution in [0.1, 0.15) is 55.6 Å². The fourth-order valence-electron chi connectivity index (χ4n) is 5.01. The highest BCUT2D eigenvalue weighted by Gasteiger charge is 2.36. The Balaban J connectivity index is 1.17. The first kappa shape index (κ1) is 24.7. The Hall–Kier alpha value is -3.39. The number of carbonyl (C=O) groups excluding carboxylic acids is 2. The lowest BCUT2D eigenvalue weighted by Gasteiger charge is -2.36. The normalized spacial score (nSPS) is 16.1. The molecule has 0 saturated carbocycles. The summed E-state index contributed by atoms with van der Waals surface area (Å²) >= 11 is 0. The molecule has 2 aromatic carbocycles. The number of hydrogen-bond donors (Lipinski definition) is 3. The zero-order valence-electron chi connectivity index (χ0n) is 19.8. The van der Waals surface area contributed by atoms with Gasteiger partial charge in [-0.2, -0.15) is 0 Å². The van der Waals surface area contributed by atoms with E-state index in [1.807, 2.05) is 24.3 Å². The second-order valence-corrected chi connectivity index (χ2v) is 9.22. The van der Waals surface area contributed by atoms with Crippen molar-refractivity contribution in [3.05, 3.63) is 59.7 Å². The van der Waals surface area contributed by atoms with E-state index in [9.17, 15) is 19.5 Å². The highest BCUT2D eigenvalue weighted by molar-refractivity contribution is 5.79. The number of carboxylic acid groups (broad SMARTS) is 1. The molecule has 0 radical (unpaired) electrons. The van der Waals surface area contributed by atoms with Crippen LogP contribution in [-0.2, 0) is 19.1 Å². The molecule has 1 heterocycles. The summed E-state index contributed by atoms with van der Waals surface area (Å²) in [6.45, 7) is 1.55. The van der Waals surface area contributed by atoms with E-state index >= 15 is 0 Å². The number of nitrogens with one attached hydrogen (secondary N) is 2. The van der Waals surface area contributed by atoms with Gasteiger partial charge in [-0.1, -0.05) is 48.5 Å². The van der Waals surface area contributed by atoms with E-state index in [2.05, 4.69) is 34.9 Å². The van der Waals surface area contributed by atoms with E-state index in [1.165, 1.54) is 11.1 Å². The topological polar surface area (TPSA) is 114 Å². The Bertz CT molecular complexity index is 1020. The third kappa shape index (κ3) is 6.19. The van der Waals surface area contributed by atoms with E-state index in [-0.39, 0.29) is 31.3 Å². The first-order valence-corrected chi connectivity index (χ1v) is 12.2. The van der Waals surface area contributed by atoms with Crippen LogP contribution in [0.25, 0.3) is 11.1 Å². The second kappa shape index (κ2) is 11.4. The number of unbranched alkanes of at least 4 members (excludes halogenated alkanes) is 1. The SMILES string of the molecule is O=C(O)CC1(NC(=O)CCCCNC(=O)OCC2c3ccccc3-c3ccccc32)CCOCC1. The van der Waals surface area contributed by atoms with Gasteiger partial charge in [0.25, 0.3) is 0 Å². The summed E-state index contributed by atoms with van der Waals surface area (Å²) in [6, 6.07) is 16.4.